The average Bonchev–Trinajstić information content (AvgIpc) is 2.48. The van der Waals surface area contributed by atoms with Gasteiger partial charge in [0, 0.05) is 20.7 Å². The molecule has 0 bridgehead atoms. The Kier molecular flexibility index (Phi) is 6.46. The molecule has 0 saturated carbocycles. The molecular weight excluding hydrogens is 276 g/mol. The molecule has 4 nitrogen and oxygen atoms in total. The molecule has 5 heteroatoms. The molecular formula is C15H23ClN2O2. The molecule has 0 atom stereocenters. The van der Waals surface area contributed by atoms with E-state index >= 15 is 0 Å². The molecule has 0 aliphatic carbocycles. The molecule has 1 saturated heterocycles. The third kappa shape index (κ3) is 3.72. The molecule has 1 aromatic carbocycles. The van der Waals surface area contributed by atoms with Gasteiger partial charge in [-0.1, -0.05) is 30.3 Å². The highest BCUT2D eigenvalue weighted by atomic mass is 35.5. The van der Waals surface area contributed by atoms with Crippen molar-refractivity contribution in [3.8, 4) is 0 Å². The minimum Gasteiger partial charge on any atom is -0.368 e. The van der Waals surface area contributed by atoms with E-state index < -0.39 is 5.60 Å². The van der Waals surface area contributed by atoms with Crippen LogP contribution in [0.1, 0.15) is 18.4 Å². The lowest BCUT2D eigenvalue weighted by Gasteiger charge is -2.37. The van der Waals surface area contributed by atoms with Crippen LogP contribution in [0.15, 0.2) is 30.3 Å². The molecule has 2 rings (SSSR count). The van der Waals surface area contributed by atoms with E-state index in [2.05, 4.69) is 5.32 Å². The van der Waals surface area contributed by atoms with Gasteiger partial charge in [0.25, 0.3) is 5.91 Å². The first-order chi connectivity index (χ1) is 9.18. The summed E-state index contributed by atoms with van der Waals surface area (Å²) in [7, 11) is 3.48. The van der Waals surface area contributed by atoms with Crippen LogP contribution in [-0.2, 0) is 16.1 Å². The fraction of sp³-hybridized carbons (Fsp3) is 0.533. The lowest BCUT2D eigenvalue weighted by atomic mass is 9.90. The Morgan fingerprint density at radius 2 is 1.90 bits per heavy atom. The third-order valence-electron chi connectivity index (χ3n) is 3.80. The Morgan fingerprint density at radius 1 is 1.30 bits per heavy atom. The number of methoxy groups -OCH3 is 1. The van der Waals surface area contributed by atoms with Crippen molar-refractivity contribution in [3.05, 3.63) is 35.9 Å². The molecule has 1 aliphatic heterocycles. The van der Waals surface area contributed by atoms with Gasteiger partial charge >= 0.3 is 0 Å². The maximum Gasteiger partial charge on any atom is 0.254 e. The zero-order chi connectivity index (χ0) is 13.7. The van der Waals surface area contributed by atoms with Crippen molar-refractivity contribution >= 4 is 18.3 Å². The third-order valence-corrected chi connectivity index (χ3v) is 3.80. The monoisotopic (exact) mass is 298 g/mol. The second kappa shape index (κ2) is 7.62. The number of carbonyl (C=O) groups is 1. The van der Waals surface area contributed by atoms with Crippen LogP contribution in [-0.4, -0.2) is 43.7 Å². The molecule has 1 aromatic rings. The van der Waals surface area contributed by atoms with Crippen molar-refractivity contribution < 1.29 is 9.53 Å². The highest BCUT2D eigenvalue weighted by Gasteiger charge is 2.41. The largest absolute Gasteiger partial charge is 0.368 e. The maximum atomic E-state index is 12.6. The van der Waals surface area contributed by atoms with E-state index in [-0.39, 0.29) is 18.3 Å². The maximum absolute atomic E-state index is 12.6. The number of ether oxygens (including phenoxy) is 1. The lowest BCUT2D eigenvalue weighted by Crippen LogP contribution is -2.54. The molecule has 0 spiro atoms. The topological polar surface area (TPSA) is 41.6 Å². The standard InChI is InChI=1S/C15H22N2O2.ClH/c1-17(12-13-6-4-3-5-7-13)14(18)15(19-2)8-10-16-11-9-15;/h3-7,16H,8-12H2,1-2H3;1H. The van der Waals surface area contributed by atoms with Crippen LogP contribution in [0.3, 0.4) is 0 Å². The summed E-state index contributed by atoms with van der Waals surface area (Å²) in [6.07, 6.45) is 1.48. The van der Waals surface area contributed by atoms with Gasteiger partial charge in [0.15, 0.2) is 0 Å². The Hall–Kier alpha value is -1.10. The molecule has 1 amide bonds. The number of nitrogens with one attached hydrogen (secondary N) is 1. The molecule has 1 heterocycles. The fourth-order valence-corrected chi connectivity index (χ4v) is 2.61. The van der Waals surface area contributed by atoms with Crippen LogP contribution in [0.2, 0.25) is 0 Å². The van der Waals surface area contributed by atoms with Gasteiger partial charge in [-0.2, -0.15) is 0 Å². The highest BCUT2D eigenvalue weighted by Crippen LogP contribution is 2.25. The zero-order valence-electron chi connectivity index (χ0n) is 12.1. The van der Waals surface area contributed by atoms with Gasteiger partial charge < -0.3 is 15.0 Å². The van der Waals surface area contributed by atoms with E-state index in [1.54, 1.807) is 12.0 Å². The van der Waals surface area contributed by atoms with Gasteiger partial charge in [0.1, 0.15) is 5.60 Å². The predicted octanol–water partition coefficient (Wildman–Crippen LogP) is 1.84. The number of carbonyl (C=O) groups excluding carboxylic acids is 1. The average molecular weight is 299 g/mol. The summed E-state index contributed by atoms with van der Waals surface area (Å²) in [5.74, 6) is 0.0837. The molecule has 20 heavy (non-hydrogen) atoms. The van der Waals surface area contributed by atoms with Crippen LogP contribution >= 0.6 is 12.4 Å². The summed E-state index contributed by atoms with van der Waals surface area (Å²) >= 11 is 0. The van der Waals surface area contributed by atoms with Gasteiger partial charge in [0.05, 0.1) is 0 Å². The molecule has 1 fully saturated rings. The Morgan fingerprint density at radius 3 is 2.45 bits per heavy atom. The summed E-state index contributed by atoms with van der Waals surface area (Å²) in [6.45, 7) is 2.29. The van der Waals surface area contributed by atoms with E-state index in [4.69, 9.17) is 4.74 Å². The van der Waals surface area contributed by atoms with Gasteiger partial charge in [-0.15, -0.1) is 12.4 Å². The van der Waals surface area contributed by atoms with E-state index in [0.29, 0.717) is 6.54 Å². The second-order valence-electron chi connectivity index (χ2n) is 5.10. The number of halogens is 1. The van der Waals surface area contributed by atoms with Gasteiger partial charge in [-0.3, -0.25) is 4.79 Å². The number of hydrogen-bond acceptors (Lipinski definition) is 3. The molecule has 0 unspecified atom stereocenters. The van der Waals surface area contributed by atoms with Crippen molar-refractivity contribution in [3.63, 3.8) is 0 Å². The van der Waals surface area contributed by atoms with Crippen molar-refractivity contribution in [2.75, 3.05) is 27.2 Å². The van der Waals surface area contributed by atoms with Crippen molar-refractivity contribution in [2.45, 2.75) is 25.0 Å². The normalized spacial score (nSPS) is 17.1. The van der Waals surface area contributed by atoms with Crippen LogP contribution in [0.25, 0.3) is 0 Å². The number of rotatable bonds is 4. The van der Waals surface area contributed by atoms with E-state index in [1.165, 1.54) is 0 Å². The first kappa shape index (κ1) is 17.0. The summed E-state index contributed by atoms with van der Waals surface area (Å²) in [5, 5.41) is 3.27. The second-order valence-corrected chi connectivity index (χ2v) is 5.10. The molecule has 1 N–H and O–H groups in total. The van der Waals surface area contributed by atoms with E-state index in [0.717, 1.165) is 31.5 Å². The number of likely N-dealkylation sites (N-methyl/N-ethyl adjacent to an activating group) is 1. The van der Waals surface area contributed by atoms with Crippen molar-refractivity contribution in [2.24, 2.45) is 0 Å². The van der Waals surface area contributed by atoms with Crippen LogP contribution < -0.4 is 5.32 Å². The van der Waals surface area contributed by atoms with Crippen molar-refractivity contribution in [1.29, 1.82) is 0 Å². The number of amides is 1. The quantitative estimate of drug-likeness (QED) is 0.922. The first-order valence-electron chi connectivity index (χ1n) is 6.73. The first-order valence-corrected chi connectivity index (χ1v) is 6.73. The highest BCUT2D eigenvalue weighted by molar-refractivity contribution is 5.85. The van der Waals surface area contributed by atoms with E-state index in [1.807, 2.05) is 37.4 Å². The van der Waals surface area contributed by atoms with Gasteiger partial charge in [0.2, 0.25) is 0 Å². The van der Waals surface area contributed by atoms with Crippen LogP contribution in [0.5, 0.6) is 0 Å². The number of piperidine rings is 1. The Bertz CT molecular complexity index is 419. The van der Waals surface area contributed by atoms with Crippen LogP contribution in [0.4, 0.5) is 0 Å². The zero-order valence-corrected chi connectivity index (χ0v) is 12.9. The minimum absolute atomic E-state index is 0. The summed E-state index contributed by atoms with van der Waals surface area (Å²) < 4.78 is 5.57. The minimum atomic E-state index is -0.644. The lowest BCUT2D eigenvalue weighted by molar-refractivity contribution is -0.157. The molecule has 112 valence electrons. The molecule has 0 aromatic heterocycles. The SMILES string of the molecule is COC1(C(=O)N(C)Cc2ccccc2)CCNCC1.Cl. The summed E-state index contributed by atoms with van der Waals surface area (Å²) in [4.78, 5) is 14.4. The van der Waals surface area contributed by atoms with Crippen molar-refractivity contribution in [1.82, 2.24) is 10.2 Å². The van der Waals surface area contributed by atoms with Gasteiger partial charge in [-0.05, 0) is 31.5 Å². The Balaban J connectivity index is 0.00000200. The van der Waals surface area contributed by atoms with Crippen LogP contribution in [0, 0.1) is 0 Å². The van der Waals surface area contributed by atoms with E-state index in [9.17, 15) is 4.79 Å². The fourth-order valence-electron chi connectivity index (χ4n) is 2.61. The Labute approximate surface area is 126 Å². The predicted molar refractivity (Wildman–Crippen MR) is 82.0 cm³/mol. The molecule has 1 aliphatic rings. The summed E-state index contributed by atoms with van der Waals surface area (Å²) in [5.41, 5.74) is 0.493. The smallest absolute Gasteiger partial charge is 0.254 e. The number of hydrogen-bond donors (Lipinski definition) is 1. The molecule has 0 radical (unpaired) electrons. The van der Waals surface area contributed by atoms with Gasteiger partial charge in [-0.25, -0.2) is 0 Å². The summed E-state index contributed by atoms with van der Waals surface area (Å²) in [6, 6.07) is 10.0. The number of nitrogens with zero attached hydrogens (tertiary/aromatic N) is 1. The number of benzene rings is 1.